The molecule has 1 aliphatic heterocycles. The van der Waals surface area contributed by atoms with Gasteiger partial charge in [0.2, 0.25) is 0 Å². The van der Waals surface area contributed by atoms with Crippen LogP contribution < -0.4 is 0 Å². The molecule has 0 bridgehead atoms. The second-order valence-corrected chi connectivity index (χ2v) is 9.36. The van der Waals surface area contributed by atoms with Crippen molar-refractivity contribution < 1.29 is 9.90 Å². The van der Waals surface area contributed by atoms with Gasteiger partial charge in [0.25, 0.3) is 0 Å². The topological polar surface area (TPSA) is 74.0 Å². The molecule has 0 aliphatic carbocycles. The van der Waals surface area contributed by atoms with Gasteiger partial charge in [-0.3, -0.25) is 9.69 Å². The third-order valence-corrected chi connectivity index (χ3v) is 6.67. The van der Waals surface area contributed by atoms with E-state index in [4.69, 9.17) is 0 Å². The molecule has 1 saturated heterocycles. The van der Waals surface area contributed by atoms with Crippen LogP contribution in [0.15, 0.2) is 60.9 Å². The van der Waals surface area contributed by atoms with Crippen LogP contribution >= 0.6 is 0 Å². The number of fused-ring (bicyclic) bond motifs is 1. The van der Waals surface area contributed by atoms with Crippen molar-refractivity contribution >= 4 is 11.4 Å². The molecule has 7 heteroatoms. The fourth-order valence-electron chi connectivity index (χ4n) is 4.36. The number of carbonyl (C=O) groups is 1. The molecule has 1 fully saturated rings. The Morgan fingerprint density at radius 1 is 1.06 bits per heavy atom. The quantitative estimate of drug-likeness (QED) is 0.350. The molecule has 182 valence electrons. The standard InChI is InChI=1S/C29H29N5O2/c1-21-5-7-24(18-23(21)9-10-26-19-30-29-4-3-11-31-34(26)29)27(35)16-22-6-8-25(28(36)17-22)20-33-14-12-32(2)13-15-33/h3-8,11,17-19,36H,12-16,20H2,1-2H3. The molecule has 5 rings (SSSR count). The summed E-state index contributed by atoms with van der Waals surface area (Å²) < 4.78 is 1.69. The molecule has 1 N–H and O–H groups in total. The number of ketones is 1. The molecular formula is C29H29N5O2. The predicted molar refractivity (Wildman–Crippen MR) is 139 cm³/mol. The molecule has 36 heavy (non-hydrogen) atoms. The zero-order chi connectivity index (χ0) is 25.1. The van der Waals surface area contributed by atoms with Crippen LogP contribution in [0, 0.1) is 18.8 Å². The third-order valence-electron chi connectivity index (χ3n) is 6.67. The maximum atomic E-state index is 13.1. The van der Waals surface area contributed by atoms with E-state index in [1.54, 1.807) is 23.0 Å². The number of nitrogens with zero attached hydrogens (tertiary/aromatic N) is 5. The Morgan fingerprint density at radius 2 is 1.89 bits per heavy atom. The smallest absolute Gasteiger partial charge is 0.167 e. The van der Waals surface area contributed by atoms with Gasteiger partial charge in [0, 0.05) is 62.0 Å². The summed E-state index contributed by atoms with van der Waals surface area (Å²) in [6, 6.07) is 14.9. The second-order valence-electron chi connectivity index (χ2n) is 9.36. The van der Waals surface area contributed by atoms with Gasteiger partial charge in [-0.25, -0.2) is 9.50 Å². The van der Waals surface area contributed by atoms with Crippen LogP contribution in [0.4, 0.5) is 0 Å². The molecule has 0 unspecified atom stereocenters. The fraction of sp³-hybridized carbons (Fsp3) is 0.276. The van der Waals surface area contributed by atoms with E-state index in [0.29, 0.717) is 11.3 Å². The Bertz CT molecular complexity index is 1470. The molecule has 3 heterocycles. The minimum atomic E-state index is -0.0132. The van der Waals surface area contributed by atoms with Crippen molar-refractivity contribution in [1.29, 1.82) is 0 Å². The molecule has 2 aromatic heterocycles. The van der Waals surface area contributed by atoms with Gasteiger partial charge in [0.05, 0.1) is 6.20 Å². The van der Waals surface area contributed by atoms with E-state index in [-0.39, 0.29) is 18.0 Å². The Kier molecular flexibility index (Phi) is 6.81. The zero-order valence-electron chi connectivity index (χ0n) is 20.6. The Morgan fingerprint density at radius 3 is 2.69 bits per heavy atom. The van der Waals surface area contributed by atoms with Crippen LogP contribution in [0.3, 0.4) is 0 Å². The minimum Gasteiger partial charge on any atom is -0.508 e. The maximum absolute atomic E-state index is 13.1. The lowest BCUT2D eigenvalue weighted by atomic mass is 9.98. The number of imidazole rings is 1. The second kappa shape index (κ2) is 10.3. The van der Waals surface area contributed by atoms with E-state index < -0.39 is 0 Å². The Labute approximate surface area is 211 Å². The summed E-state index contributed by atoms with van der Waals surface area (Å²) in [6.45, 7) is 6.74. The normalized spacial score (nSPS) is 14.5. The molecule has 0 atom stereocenters. The number of Topliss-reactive ketones (excluding diaryl/α,β-unsaturated/α-hetero) is 1. The summed E-state index contributed by atoms with van der Waals surface area (Å²) in [5.74, 6) is 6.53. The van der Waals surface area contributed by atoms with Gasteiger partial charge in [0.1, 0.15) is 11.4 Å². The number of phenols is 1. The molecular weight excluding hydrogens is 450 g/mol. The van der Waals surface area contributed by atoms with Gasteiger partial charge < -0.3 is 10.0 Å². The number of hydrogen-bond donors (Lipinski definition) is 1. The molecule has 2 aromatic carbocycles. The van der Waals surface area contributed by atoms with E-state index in [1.165, 1.54) is 0 Å². The van der Waals surface area contributed by atoms with Crippen molar-refractivity contribution in [3.05, 3.63) is 94.4 Å². The van der Waals surface area contributed by atoms with Crippen LogP contribution in [-0.4, -0.2) is 68.5 Å². The number of aromatic nitrogens is 3. The van der Waals surface area contributed by atoms with Crippen molar-refractivity contribution in [3.8, 4) is 17.6 Å². The number of hydrogen-bond acceptors (Lipinski definition) is 6. The summed E-state index contributed by atoms with van der Waals surface area (Å²) in [5.41, 5.74) is 5.50. The van der Waals surface area contributed by atoms with Crippen molar-refractivity contribution in [1.82, 2.24) is 24.4 Å². The maximum Gasteiger partial charge on any atom is 0.167 e. The summed E-state index contributed by atoms with van der Waals surface area (Å²) >= 11 is 0. The number of carbonyl (C=O) groups excluding carboxylic acids is 1. The van der Waals surface area contributed by atoms with Crippen molar-refractivity contribution in [2.24, 2.45) is 0 Å². The summed E-state index contributed by atoms with van der Waals surface area (Å²) in [5, 5.41) is 14.9. The van der Waals surface area contributed by atoms with Crippen LogP contribution in [0.25, 0.3) is 5.65 Å². The Balaban J connectivity index is 1.29. The highest BCUT2D eigenvalue weighted by Gasteiger charge is 2.16. The highest BCUT2D eigenvalue weighted by atomic mass is 16.3. The van der Waals surface area contributed by atoms with Crippen LogP contribution in [0.1, 0.15) is 38.3 Å². The van der Waals surface area contributed by atoms with E-state index in [0.717, 1.165) is 60.6 Å². The van der Waals surface area contributed by atoms with E-state index >= 15 is 0 Å². The average Bonchev–Trinajstić information content (AvgIpc) is 3.29. The van der Waals surface area contributed by atoms with Gasteiger partial charge in [-0.2, -0.15) is 5.10 Å². The van der Waals surface area contributed by atoms with E-state index in [2.05, 4.69) is 38.8 Å². The summed E-state index contributed by atoms with van der Waals surface area (Å²) in [7, 11) is 2.13. The number of likely N-dealkylation sites (N-methyl/N-ethyl adjacent to an activating group) is 1. The molecule has 7 nitrogen and oxygen atoms in total. The van der Waals surface area contributed by atoms with Crippen molar-refractivity contribution in [2.75, 3.05) is 33.2 Å². The van der Waals surface area contributed by atoms with Gasteiger partial charge in [0.15, 0.2) is 11.4 Å². The first-order chi connectivity index (χ1) is 17.5. The van der Waals surface area contributed by atoms with Crippen molar-refractivity contribution in [3.63, 3.8) is 0 Å². The van der Waals surface area contributed by atoms with E-state index in [9.17, 15) is 9.90 Å². The number of aryl methyl sites for hydroxylation is 1. The lowest BCUT2D eigenvalue weighted by Crippen LogP contribution is -2.43. The molecule has 1 aliphatic rings. The minimum absolute atomic E-state index is 0.0132. The first-order valence-corrected chi connectivity index (χ1v) is 12.1. The molecule has 0 saturated carbocycles. The highest BCUT2D eigenvalue weighted by molar-refractivity contribution is 5.98. The fourth-order valence-corrected chi connectivity index (χ4v) is 4.36. The Hall–Kier alpha value is -3.99. The zero-order valence-corrected chi connectivity index (χ0v) is 20.6. The van der Waals surface area contributed by atoms with Gasteiger partial charge >= 0.3 is 0 Å². The number of benzene rings is 2. The number of rotatable bonds is 5. The lowest BCUT2D eigenvalue weighted by molar-refractivity contribution is 0.0993. The number of aromatic hydroxyl groups is 1. The first-order valence-electron chi connectivity index (χ1n) is 12.1. The molecule has 0 amide bonds. The predicted octanol–water partition coefficient (Wildman–Crippen LogP) is 3.32. The number of phenolic OH excluding ortho intramolecular Hbond substituents is 1. The van der Waals surface area contributed by atoms with E-state index in [1.807, 2.05) is 49.4 Å². The third kappa shape index (κ3) is 5.30. The monoisotopic (exact) mass is 479 g/mol. The lowest BCUT2D eigenvalue weighted by Gasteiger charge is -2.32. The summed E-state index contributed by atoms with van der Waals surface area (Å²) in [6.07, 6.45) is 3.61. The molecule has 4 aromatic rings. The largest absolute Gasteiger partial charge is 0.508 e. The number of piperazine rings is 1. The molecule has 0 radical (unpaired) electrons. The van der Waals surface area contributed by atoms with Crippen molar-refractivity contribution in [2.45, 2.75) is 19.9 Å². The summed E-state index contributed by atoms with van der Waals surface area (Å²) in [4.78, 5) is 22.0. The van der Waals surface area contributed by atoms with Crippen LogP contribution in [-0.2, 0) is 13.0 Å². The molecule has 0 spiro atoms. The van der Waals surface area contributed by atoms with Gasteiger partial charge in [-0.1, -0.05) is 30.2 Å². The van der Waals surface area contributed by atoms with Gasteiger partial charge in [-0.05, 0) is 55.3 Å². The van der Waals surface area contributed by atoms with Gasteiger partial charge in [-0.15, -0.1) is 0 Å². The average molecular weight is 480 g/mol. The SMILES string of the molecule is Cc1ccc(C(=O)Cc2ccc(CN3CCN(C)CC3)c(O)c2)cc1C#Cc1cnc2cccnn12. The van der Waals surface area contributed by atoms with Crippen LogP contribution in [0.2, 0.25) is 0 Å². The highest BCUT2D eigenvalue weighted by Crippen LogP contribution is 2.23. The first kappa shape index (κ1) is 23.7. The van der Waals surface area contributed by atoms with Crippen LogP contribution in [0.5, 0.6) is 5.75 Å².